The highest BCUT2D eigenvalue weighted by Crippen LogP contribution is 2.33. The molecule has 0 bridgehead atoms. The number of morpholine rings is 1. The fourth-order valence-electron chi connectivity index (χ4n) is 4.22. The molecule has 2 heterocycles. The molecule has 0 atom stereocenters. The first kappa shape index (κ1) is 22.8. The van der Waals surface area contributed by atoms with Crippen LogP contribution in [0.3, 0.4) is 0 Å². The number of nitro groups is 1. The number of carbonyl (C=O) groups excluding carboxylic acids is 1. The summed E-state index contributed by atoms with van der Waals surface area (Å²) in [6, 6.07) is 12.5. The zero-order chi connectivity index (χ0) is 23.4. The lowest BCUT2D eigenvalue weighted by Crippen LogP contribution is -2.48. The van der Waals surface area contributed by atoms with Crippen LogP contribution in [-0.2, 0) is 4.74 Å². The van der Waals surface area contributed by atoms with Gasteiger partial charge in [-0.3, -0.25) is 14.9 Å². The van der Waals surface area contributed by atoms with Gasteiger partial charge in [0.2, 0.25) is 0 Å². The molecule has 1 amide bonds. The van der Waals surface area contributed by atoms with E-state index in [-0.39, 0.29) is 22.6 Å². The third kappa shape index (κ3) is 5.36. The maximum Gasteiger partial charge on any atom is 0.292 e. The van der Waals surface area contributed by atoms with Crippen molar-refractivity contribution >= 4 is 23.0 Å². The molecule has 2 aromatic rings. The summed E-state index contributed by atoms with van der Waals surface area (Å²) in [4.78, 5) is 30.2. The highest BCUT2D eigenvalue weighted by Gasteiger charge is 2.26. The van der Waals surface area contributed by atoms with Crippen LogP contribution < -0.4 is 14.5 Å². The molecule has 9 heteroatoms. The third-order valence-electron chi connectivity index (χ3n) is 5.91. The van der Waals surface area contributed by atoms with Crippen LogP contribution in [0, 0.1) is 10.1 Å². The van der Waals surface area contributed by atoms with E-state index in [0.29, 0.717) is 63.7 Å². The first-order valence-corrected chi connectivity index (χ1v) is 11.3. The van der Waals surface area contributed by atoms with E-state index in [2.05, 4.69) is 4.90 Å². The molecule has 2 aliphatic rings. The Labute approximate surface area is 193 Å². The molecule has 0 spiro atoms. The number of anilines is 2. The number of amides is 1. The summed E-state index contributed by atoms with van der Waals surface area (Å²) in [6.07, 6.45) is 0.0859. The van der Waals surface area contributed by atoms with Crippen molar-refractivity contribution in [3.63, 3.8) is 0 Å². The summed E-state index contributed by atoms with van der Waals surface area (Å²) in [6.45, 7) is 8.84. The first-order chi connectivity index (χ1) is 15.9. The Balaban J connectivity index is 1.42. The van der Waals surface area contributed by atoms with Crippen LogP contribution in [0.2, 0.25) is 0 Å². The van der Waals surface area contributed by atoms with Crippen LogP contribution in [0.25, 0.3) is 0 Å². The van der Waals surface area contributed by atoms with Crippen molar-refractivity contribution in [1.29, 1.82) is 0 Å². The van der Waals surface area contributed by atoms with Gasteiger partial charge < -0.3 is 24.2 Å². The number of benzene rings is 2. The van der Waals surface area contributed by atoms with Gasteiger partial charge in [0.1, 0.15) is 11.4 Å². The fraction of sp³-hybridized carbons (Fsp3) is 0.458. The second kappa shape index (κ2) is 10.1. The van der Waals surface area contributed by atoms with Crippen molar-refractivity contribution in [2.75, 3.05) is 62.3 Å². The van der Waals surface area contributed by atoms with E-state index >= 15 is 0 Å². The van der Waals surface area contributed by atoms with Crippen LogP contribution in [0.4, 0.5) is 17.1 Å². The lowest BCUT2D eigenvalue weighted by molar-refractivity contribution is -0.384. The minimum atomic E-state index is -0.331. The quantitative estimate of drug-likeness (QED) is 0.489. The lowest BCUT2D eigenvalue weighted by atomic mass is 10.1. The van der Waals surface area contributed by atoms with Gasteiger partial charge in [-0.05, 0) is 50.2 Å². The average Bonchev–Trinajstić information content (AvgIpc) is 2.84. The van der Waals surface area contributed by atoms with Crippen molar-refractivity contribution in [2.24, 2.45) is 0 Å². The molecule has 2 fully saturated rings. The second-order valence-corrected chi connectivity index (χ2v) is 8.50. The summed E-state index contributed by atoms with van der Waals surface area (Å²) in [5.74, 6) is 0.754. The Kier molecular flexibility index (Phi) is 6.98. The van der Waals surface area contributed by atoms with E-state index in [1.165, 1.54) is 0 Å². The van der Waals surface area contributed by atoms with Gasteiger partial charge in [-0.25, -0.2) is 0 Å². The van der Waals surface area contributed by atoms with Crippen molar-refractivity contribution in [1.82, 2.24) is 4.90 Å². The normalized spacial score (nSPS) is 16.8. The van der Waals surface area contributed by atoms with Gasteiger partial charge in [0.25, 0.3) is 11.6 Å². The van der Waals surface area contributed by atoms with E-state index in [1.54, 1.807) is 24.3 Å². The zero-order valence-electron chi connectivity index (χ0n) is 19.1. The Morgan fingerprint density at radius 1 is 0.970 bits per heavy atom. The molecule has 0 unspecified atom stereocenters. The molecule has 2 aliphatic heterocycles. The van der Waals surface area contributed by atoms with Crippen LogP contribution in [0.5, 0.6) is 5.75 Å². The van der Waals surface area contributed by atoms with Crippen molar-refractivity contribution in [2.45, 2.75) is 20.0 Å². The SMILES string of the molecule is CC(C)Oc1ccc(C(=O)N2CCN(c3ccc([N+](=O)[O-])c(N4CCOCC4)c3)CC2)cc1. The van der Waals surface area contributed by atoms with Crippen LogP contribution in [0.15, 0.2) is 42.5 Å². The molecule has 0 aliphatic carbocycles. The Morgan fingerprint density at radius 2 is 1.64 bits per heavy atom. The number of hydrogen-bond acceptors (Lipinski definition) is 7. The summed E-state index contributed by atoms with van der Waals surface area (Å²) in [5.41, 5.74) is 2.32. The fourth-order valence-corrected chi connectivity index (χ4v) is 4.22. The molecular formula is C24H30N4O5. The van der Waals surface area contributed by atoms with E-state index in [0.717, 1.165) is 11.4 Å². The number of nitro benzene ring substituents is 1. The summed E-state index contributed by atoms with van der Waals surface area (Å²) >= 11 is 0. The number of rotatable bonds is 6. The summed E-state index contributed by atoms with van der Waals surface area (Å²) in [7, 11) is 0. The molecule has 33 heavy (non-hydrogen) atoms. The first-order valence-electron chi connectivity index (χ1n) is 11.3. The lowest BCUT2D eigenvalue weighted by Gasteiger charge is -2.37. The van der Waals surface area contributed by atoms with Gasteiger partial charge in [0, 0.05) is 56.6 Å². The minimum Gasteiger partial charge on any atom is -0.491 e. The molecule has 2 saturated heterocycles. The number of nitrogens with zero attached hydrogens (tertiary/aromatic N) is 4. The van der Waals surface area contributed by atoms with Crippen molar-refractivity contribution < 1.29 is 19.2 Å². The monoisotopic (exact) mass is 454 g/mol. The standard InChI is InChI=1S/C24H30N4O5/c1-18(2)33-21-6-3-19(4-7-21)24(29)27-11-9-25(10-12-27)20-5-8-22(28(30)31)23(17-20)26-13-15-32-16-14-26/h3-8,17-18H,9-16H2,1-2H3. The van der Waals surface area contributed by atoms with Crippen LogP contribution in [-0.4, -0.2) is 74.3 Å². The third-order valence-corrected chi connectivity index (χ3v) is 5.91. The van der Waals surface area contributed by atoms with Gasteiger partial charge in [0.15, 0.2) is 0 Å². The molecular weight excluding hydrogens is 424 g/mol. The van der Waals surface area contributed by atoms with E-state index in [9.17, 15) is 14.9 Å². The second-order valence-electron chi connectivity index (χ2n) is 8.50. The zero-order valence-corrected chi connectivity index (χ0v) is 19.1. The van der Waals surface area contributed by atoms with Gasteiger partial charge in [-0.15, -0.1) is 0 Å². The van der Waals surface area contributed by atoms with E-state index in [1.807, 2.05) is 41.8 Å². The highest BCUT2D eigenvalue weighted by atomic mass is 16.6. The van der Waals surface area contributed by atoms with Gasteiger partial charge in [0.05, 0.1) is 24.2 Å². The molecule has 0 aromatic heterocycles. The maximum atomic E-state index is 12.9. The van der Waals surface area contributed by atoms with E-state index in [4.69, 9.17) is 9.47 Å². The largest absolute Gasteiger partial charge is 0.491 e. The minimum absolute atomic E-state index is 0.00320. The Hall–Kier alpha value is -3.33. The number of ether oxygens (including phenoxy) is 2. The number of piperazine rings is 1. The van der Waals surface area contributed by atoms with Gasteiger partial charge >= 0.3 is 0 Å². The van der Waals surface area contributed by atoms with Crippen LogP contribution in [0.1, 0.15) is 24.2 Å². The topological polar surface area (TPSA) is 88.4 Å². The maximum absolute atomic E-state index is 12.9. The molecule has 4 rings (SSSR count). The van der Waals surface area contributed by atoms with Crippen molar-refractivity contribution in [3.8, 4) is 5.75 Å². The molecule has 0 N–H and O–H groups in total. The molecule has 9 nitrogen and oxygen atoms in total. The van der Waals surface area contributed by atoms with Crippen molar-refractivity contribution in [3.05, 3.63) is 58.1 Å². The molecule has 0 saturated carbocycles. The predicted molar refractivity (Wildman–Crippen MR) is 126 cm³/mol. The average molecular weight is 455 g/mol. The molecule has 0 radical (unpaired) electrons. The number of carbonyl (C=O) groups is 1. The van der Waals surface area contributed by atoms with E-state index < -0.39 is 0 Å². The molecule has 2 aromatic carbocycles. The highest BCUT2D eigenvalue weighted by molar-refractivity contribution is 5.94. The molecule has 176 valence electrons. The van der Waals surface area contributed by atoms with Gasteiger partial charge in [-0.2, -0.15) is 0 Å². The Bertz CT molecular complexity index is 981. The number of hydrogen-bond donors (Lipinski definition) is 0. The van der Waals surface area contributed by atoms with Crippen LogP contribution >= 0.6 is 0 Å². The Morgan fingerprint density at radius 3 is 2.24 bits per heavy atom. The summed E-state index contributed by atoms with van der Waals surface area (Å²) in [5, 5.41) is 11.6. The van der Waals surface area contributed by atoms with Gasteiger partial charge in [-0.1, -0.05) is 0 Å². The predicted octanol–water partition coefficient (Wildman–Crippen LogP) is 3.18. The smallest absolute Gasteiger partial charge is 0.292 e. The summed E-state index contributed by atoms with van der Waals surface area (Å²) < 4.78 is 11.0.